The molecule has 9 nitrogen and oxygen atoms in total. The average Bonchev–Trinajstić information content (AvgIpc) is 3.17. The fourth-order valence-corrected chi connectivity index (χ4v) is 2.71. The third kappa shape index (κ3) is 5.53. The number of hydrazine groups is 1. The zero-order valence-electron chi connectivity index (χ0n) is 15.7. The fraction of sp³-hybridized carbons (Fsp3) is 0.158. The maximum absolute atomic E-state index is 10.8. The highest BCUT2D eigenvalue weighted by Crippen LogP contribution is 2.19. The van der Waals surface area contributed by atoms with Crippen molar-refractivity contribution in [2.24, 2.45) is 16.7 Å². The number of hydrazone groups is 1. The van der Waals surface area contributed by atoms with Crippen LogP contribution in [-0.4, -0.2) is 38.2 Å². The lowest BCUT2D eigenvalue weighted by Gasteiger charge is -2.13. The van der Waals surface area contributed by atoms with Gasteiger partial charge in [0, 0.05) is 36.4 Å². The number of ether oxygens (including phenoxy) is 1. The number of imidazole rings is 1. The van der Waals surface area contributed by atoms with Crippen molar-refractivity contribution < 1.29 is 9.53 Å². The van der Waals surface area contributed by atoms with Gasteiger partial charge < -0.3 is 15.0 Å². The molecule has 150 valence electrons. The lowest BCUT2D eigenvalue weighted by Crippen LogP contribution is -2.32. The number of aromatic nitrogens is 3. The van der Waals surface area contributed by atoms with Gasteiger partial charge in [-0.3, -0.25) is 9.78 Å². The summed E-state index contributed by atoms with van der Waals surface area (Å²) in [5.74, 6) is 5.33. The number of nitrogens with zero attached hydrogens (tertiary/aromatic N) is 5. The Kier molecular flexibility index (Phi) is 6.43. The highest BCUT2D eigenvalue weighted by atomic mass is 35.5. The van der Waals surface area contributed by atoms with E-state index < -0.39 is 5.97 Å². The van der Waals surface area contributed by atoms with Crippen LogP contribution in [0.1, 0.15) is 18.1 Å². The lowest BCUT2D eigenvalue weighted by atomic mass is 10.2. The van der Waals surface area contributed by atoms with Gasteiger partial charge in [-0.15, -0.1) is 5.10 Å². The van der Waals surface area contributed by atoms with E-state index in [1.807, 2.05) is 35.0 Å². The minimum atomic E-state index is -0.465. The fourth-order valence-electron chi connectivity index (χ4n) is 2.51. The summed E-state index contributed by atoms with van der Waals surface area (Å²) in [6.45, 7) is 1.66. The molecule has 1 aromatic carbocycles. The molecule has 0 amide bonds. The number of hydrogen-bond acceptors (Lipinski definition) is 7. The summed E-state index contributed by atoms with van der Waals surface area (Å²) in [6.07, 6.45) is 5.19. The number of carbonyl (C=O) groups is 1. The molecule has 3 rings (SSSR count). The van der Waals surface area contributed by atoms with E-state index >= 15 is 0 Å². The third-order valence-corrected chi connectivity index (χ3v) is 4.27. The molecule has 4 N–H and O–H groups in total. The Balaban J connectivity index is 1.75. The summed E-state index contributed by atoms with van der Waals surface area (Å²) in [7, 11) is 0. The summed E-state index contributed by atoms with van der Waals surface area (Å²) in [5.41, 5.74) is 8.90. The van der Waals surface area contributed by atoms with Crippen LogP contribution in [0.3, 0.4) is 0 Å². The van der Waals surface area contributed by atoms with Crippen molar-refractivity contribution in [2.75, 3.05) is 6.73 Å². The number of pyridine rings is 1. The van der Waals surface area contributed by atoms with E-state index in [1.54, 1.807) is 24.7 Å². The molecule has 0 saturated carbocycles. The molecule has 3 aromatic rings. The largest absolute Gasteiger partial charge is 0.441 e. The predicted octanol–water partition coefficient (Wildman–Crippen LogP) is 1.96. The van der Waals surface area contributed by atoms with Crippen LogP contribution in [0.2, 0.25) is 5.02 Å². The lowest BCUT2D eigenvalue weighted by molar-refractivity contribution is -0.145. The number of rotatable bonds is 7. The molecular formula is C19H20ClN7O2. The van der Waals surface area contributed by atoms with Crippen molar-refractivity contribution in [1.29, 1.82) is 0 Å². The van der Waals surface area contributed by atoms with Gasteiger partial charge >= 0.3 is 5.97 Å². The number of hydrogen-bond donors (Lipinski definition) is 2. The van der Waals surface area contributed by atoms with Crippen LogP contribution < -0.4 is 11.6 Å². The molecule has 0 aliphatic carbocycles. The van der Waals surface area contributed by atoms with E-state index in [0.29, 0.717) is 28.5 Å². The number of nitrogens with two attached hydrogens (primary N) is 2. The van der Waals surface area contributed by atoms with Crippen LogP contribution in [0.25, 0.3) is 11.4 Å². The van der Waals surface area contributed by atoms with Crippen molar-refractivity contribution in [3.63, 3.8) is 0 Å². The number of esters is 1. The van der Waals surface area contributed by atoms with Crippen LogP contribution >= 0.6 is 11.6 Å². The summed E-state index contributed by atoms with van der Waals surface area (Å²) in [5, 5.41) is 5.63. The molecule has 2 aromatic heterocycles. The van der Waals surface area contributed by atoms with E-state index in [2.05, 4.69) is 15.1 Å². The van der Waals surface area contributed by atoms with E-state index in [-0.39, 0.29) is 12.6 Å². The smallest absolute Gasteiger partial charge is 0.304 e. The normalized spacial score (nSPS) is 11.3. The van der Waals surface area contributed by atoms with Crippen molar-refractivity contribution in [1.82, 2.24) is 19.7 Å². The van der Waals surface area contributed by atoms with Crippen LogP contribution in [-0.2, 0) is 16.1 Å². The topological polar surface area (TPSA) is 125 Å². The second kappa shape index (κ2) is 9.18. The molecule has 0 fully saturated rings. The second-order valence-electron chi connectivity index (χ2n) is 6.14. The van der Waals surface area contributed by atoms with Gasteiger partial charge in [0.1, 0.15) is 5.69 Å². The van der Waals surface area contributed by atoms with Crippen LogP contribution in [0, 0.1) is 0 Å². The Morgan fingerprint density at radius 2 is 2.07 bits per heavy atom. The van der Waals surface area contributed by atoms with Gasteiger partial charge in [0.05, 0.1) is 12.0 Å². The first-order chi connectivity index (χ1) is 13.9. The molecule has 0 spiro atoms. The third-order valence-electron chi connectivity index (χ3n) is 3.90. The SMILES string of the molecule is CC(=O)OCN(N)/N=C(\N)c1ccnc(-c2cn(Cc3ccccc3Cl)cn2)c1. The molecule has 0 atom stereocenters. The molecule has 0 radical (unpaired) electrons. The van der Waals surface area contributed by atoms with E-state index in [4.69, 9.17) is 27.9 Å². The molecule has 10 heteroatoms. The van der Waals surface area contributed by atoms with E-state index in [1.165, 1.54) is 6.92 Å². The number of benzene rings is 1. The minimum absolute atomic E-state index is 0.152. The minimum Gasteiger partial charge on any atom is -0.441 e. The molecule has 2 heterocycles. The van der Waals surface area contributed by atoms with Gasteiger partial charge in [-0.25, -0.2) is 10.8 Å². The summed E-state index contributed by atoms with van der Waals surface area (Å²) in [6, 6.07) is 11.1. The molecule has 0 bridgehead atoms. The Hall–Kier alpha value is -3.43. The molecule has 29 heavy (non-hydrogen) atoms. The predicted molar refractivity (Wildman–Crippen MR) is 109 cm³/mol. The second-order valence-corrected chi connectivity index (χ2v) is 6.55. The summed E-state index contributed by atoms with van der Waals surface area (Å²) >= 11 is 6.22. The van der Waals surface area contributed by atoms with Crippen molar-refractivity contribution in [3.05, 3.63) is 71.3 Å². The van der Waals surface area contributed by atoms with Crippen molar-refractivity contribution in [3.8, 4) is 11.4 Å². The van der Waals surface area contributed by atoms with Gasteiger partial charge in [0.2, 0.25) is 0 Å². The van der Waals surface area contributed by atoms with Crippen LogP contribution in [0.4, 0.5) is 0 Å². The standard InChI is InChI=1S/C19H20ClN7O2/c1-13(28)29-12-27(22)25-19(21)14-6-7-23-17(8-14)18-10-26(11-24-18)9-15-4-2-3-5-16(15)20/h2-8,10-11H,9,12,22H2,1H3,(H2,21,25). The molecule has 0 aliphatic rings. The average molecular weight is 414 g/mol. The Bertz CT molecular complexity index is 1030. The quantitative estimate of drug-likeness (QED) is 0.151. The molecule has 0 saturated heterocycles. The first-order valence-corrected chi connectivity index (χ1v) is 9.02. The number of carbonyl (C=O) groups excluding carboxylic acids is 1. The Morgan fingerprint density at radius 1 is 1.28 bits per heavy atom. The van der Waals surface area contributed by atoms with E-state index in [0.717, 1.165) is 10.7 Å². The summed E-state index contributed by atoms with van der Waals surface area (Å²) in [4.78, 5) is 19.6. The van der Waals surface area contributed by atoms with Crippen LogP contribution in [0.15, 0.2) is 60.2 Å². The molecule has 0 unspecified atom stereocenters. The van der Waals surface area contributed by atoms with E-state index in [9.17, 15) is 4.79 Å². The van der Waals surface area contributed by atoms with Gasteiger partial charge in [-0.1, -0.05) is 29.8 Å². The molecule has 0 aliphatic heterocycles. The monoisotopic (exact) mass is 413 g/mol. The van der Waals surface area contributed by atoms with Gasteiger partial charge in [-0.05, 0) is 23.8 Å². The highest BCUT2D eigenvalue weighted by Gasteiger charge is 2.09. The van der Waals surface area contributed by atoms with Crippen molar-refractivity contribution in [2.45, 2.75) is 13.5 Å². The number of halogens is 1. The first kappa shape index (κ1) is 20.3. The molecular weight excluding hydrogens is 394 g/mol. The summed E-state index contributed by atoms with van der Waals surface area (Å²) < 4.78 is 6.68. The van der Waals surface area contributed by atoms with Crippen molar-refractivity contribution >= 4 is 23.4 Å². The zero-order chi connectivity index (χ0) is 20.8. The first-order valence-electron chi connectivity index (χ1n) is 8.64. The highest BCUT2D eigenvalue weighted by molar-refractivity contribution is 6.31. The van der Waals surface area contributed by atoms with Gasteiger partial charge in [-0.2, -0.15) is 5.12 Å². The van der Waals surface area contributed by atoms with Gasteiger partial charge in [0.15, 0.2) is 12.6 Å². The maximum atomic E-state index is 10.8. The van der Waals surface area contributed by atoms with Crippen LogP contribution in [0.5, 0.6) is 0 Å². The Morgan fingerprint density at radius 3 is 2.83 bits per heavy atom. The maximum Gasteiger partial charge on any atom is 0.304 e. The number of amidine groups is 1. The zero-order valence-corrected chi connectivity index (χ0v) is 16.5. The van der Waals surface area contributed by atoms with Gasteiger partial charge in [0.25, 0.3) is 0 Å². The Labute approximate surface area is 172 Å².